The topological polar surface area (TPSA) is 55.1 Å². The zero-order valence-corrected chi connectivity index (χ0v) is 9.86. The molecule has 0 radical (unpaired) electrons. The Morgan fingerprint density at radius 2 is 2.12 bits per heavy atom. The van der Waals surface area contributed by atoms with Gasteiger partial charge in [0.1, 0.15) is 5.76 Å². The molecule has 0 unspecified atom stereocenters. The predicted molar refractivity (Wildman–Crippen MR) is 63.6 cm³/mol. The fourth-order valence-electron chi connectivity index (χ4n) is 1.59. The van der Waals surface area contributed by atoms with Crippen LogP contribution in [0.15, 0.2) is 35.0 Å². The maximum absolute atomic E-state index is 11.9. The maximum Gasteiger partial charge on any atom is 0.251 e. The summed E-state index contributed by atoms with van der Waals surface area (Å²) >= 11 is 0. The molecule has 0 aliphatic heterocycles. The molecular formula is C13H14N2O2. The molecule has 0 atom stereocenters. The van der Waals surface area contributed by atoms with Gasteiger partial charge in [0.2, 0.25) is 0 Å². The highest BCUT2D eigenvalue weighted by atomic mass is 16.5. The van der Waals surface area contributed by atoms with Crippen LogP contribution in [-0.2, 0) is 6.54 Å². The molecule has 0 aliphatic rings. The predicted octanol–water partition coefficient (Wildman–Crippen LogP) is 2.22. The van der Waals surface area contributed by atoms with Gasteiger partial charge in [-0.25, -0.2) is 0 Å². The van der Waals surface area contributed by atoms with E-state index in [0.717, 1.165) is 16.9 Å². The standard InChI is InChI=1S/C13H14N2O2/c1-9-5-3-4-6-12(9)13(16)14-7-11-8-15-17-10(11)2/h3-6,8H,7H2,1-2H3,(H,14,16). The summed E-state index contributed by atoms with van der Waals surface area (Å²) in [5, 5.41) is 6.51. The van der Waals surface area contributed by atoms with Crippen molar-refractivity contribution in [3.63, 3.8) is 0 Å². The normalized spacial score (nSPS) is 10.2. The molecule has 1 heterocycles. The Balaban J connectivity index is 2.04. The number of carbonyl (C=O) groups is 1. The maximum atomic E-state index is 11.9. The monoisotopic (exact) mass is 230 g/mol. The highest BCUT2D eigenvalue weighted by Gasteiger charge is 2.09. The molecule has 1 N–H and O–H groups in total. The second-order valence-electron chi connectivity index (χ2n) is 3.90. The van der Waals surface area contributed by atoms with Gasteiger partial charge in [0.15, 0.2) is 0 Å². The Kier molecular flexibility index (Phi) is 3.23. The second kappa shape index (κ2) is 4.82. The summed E-state index contributed by atoms with van der Waals surface area (Å²) in [5.74, 6) is 0.652. The average Bonchev–Trinajstić information content (AvgIpc) is 2.72. The van der Waals surface area contributed by atoms with Crippen LogP contribution in [0.4, 0.5) is 0 Å². The number of aryl methyl sites for hydroxylation is 2. The summed E-state index contributed by atoms with van der Waals surface area (Å²) in [5.41, 5.74) is 2.56. The highest BCUT2D eigenvalue weighted by Crippen LogP contribution is 2.08. The van der Waals surface area contributed by atoms with Crippen LogP contribution in [0.5, 0.6) is 0 Å². The highest BCUT2D eigenvalue weighted by molar-refractivity contribution is 5.95. The molecule has 0 saturated heterocycles. The minimum Gasteiger partial charge on any atom is -0.361 e. The van der Waals surface area contributed by atoms with Crippen LogP contribution in [0, 0.1) is 13.8 Å². The smallest absolute Gasteiger partial charge is 0.251 e. The van der Waals surface area contributed by atoms with Crippen molar-refractivity contribution in [2.75, 3.05) is 0 Å². The first kappa shape index (κ1) is 11.4. The number of rotatable bonds is 3. The Hall–Kier alpha value is -2.10. The fourth-order valence-corrected chi connectivity index (χ4v) is 1.59. The molecule has 1 aromatic carbocycles. The van der Waals surface area contributed by atoms with E-state index in [-0.39, 0.29) is 5.91 Å². The van der Waals surface area contributed by atoms with E-state index in [1.165, 1.54) is 0 Å². The first-order valence-electron chi connectivity index (χ1n) is 5.42. The van der Waals surface area contributed by atoms with Crippen LogP contribution in [-0.4, -0.2) is 11.1 Å². The van der Waals surface area contributed by atoms with Gasteiger partial charge in [0, 0.05) is 17.7 Å². The molecule has 0 spiro atoms. The van der Waals surface area contributed by atoms with Crippen LogP contribution in [0.1, 0.15) is 27.2 Å². The van der Waals surface area contributed by atoms with Gasteiger partial charge in [-0.15, -0.1) is 0 Å². The number of benzene rings is 1. The lowest BCUT2D eigenvalue weighted by molar-refractivity contribution is 0.0950. The zero-order valence-electron chi connectivity index (χ0n) is 9.86. The first-order valence-corrected chi connectivity index (χ1v) is 5.42. The Morgan fingerprint density at radius 3 is 2.76 bits per heavy atom. The van der Waals surface area contributed by atoms with Gasteiger partial charge in [0.25, 0.3) is 5.91 Å². The van der Waals surface area contributed by atoms with Crippen LogP contribution in [0.25, 0.3) is 0 Å². The Morgan fingerprint density at radius 1 is 1.35 bits per heavy atom. The van der Waals surface area contributed by atoms with Crippen LogP contribution in [0.3, 0.4) is 0 Å². The van der Waals surface area contributed by atoms with Crippen LogP contribution in [0.2, 0.25) is 0 Å². The third-order valence-corrected chi connectivity index (χ3v) is 2.68. The van der Waals surface area contributed by atoms with Crippen molar-refractivity contribution in [3.8, 4) is 0 Å². The van der Waals surface area contributed by atoms with Crippen molar-refractivity contribution in [2.45, 2.75) is 20.4 Å². The molecular weight excluding hydrogens is 216 g/mol. The van der Waals surface area contributed by atoms with E-state index < -0.39 is 0 Å². The lowest BCUT2D eigenvalue weighted by atomic mass is 10.1. The summed E-state index contributed by atoms with van der Waals surface area (Å²) in [4.78, 5) is 11.9. The van der Waals surface area contributed by atoms with Crippen LogP contribution >= 0.6 is 0 Å². The van der Waals surface area contributed by atoms with Crippen LogP contribution < -0.4 is 5.32 Å². The lowest BCUT2D eigenvalue weighted by Gasteiger charge is -2.06. The van der Waals surface area contributed by atoms with Gasteiger partial charge >= 0.3 is 0 Å². The van der Waals surface area contributed by atoms with Crippen molar-refractivity contribution in [1.82, 2.24) is 10.5 Å². The molecule has 4 nitrogen and oxygen atoms in total. The quantitative estimate of drug-likeness (QED) is 0.879. The number of aromatic nitrogens is 1. The molecule has 0 saturated carbocycles. The summed E-state index contributed by atoms with van der Waals surface area (Å²) in [6, 6.07) is 7.49. The SMILES string of the molecule is Cc1ccccc1C(=O)NCc1cnoc1C. The first-order chi connectivity index (χ1) is 8.18. The van der Waals surface area contributed by atoms with E-state index in [1.807, 2.05) is 38.1 Å². The molecule has 4 heteroatoms. The third-order valence-electron chi connectivity index (χ3n) is 2.68. The number of carbonyl (C=O) groups excluding carboxylic acids is 1. The van der Waals surface area contributed by atoms with E-state index >= 15 is 0 Å². The van der Waals surface area contributed by atoms with E-state index in [1.54, 1.807) is 6.20 Å². The minimum absolute atomic E-state index is 0.0799. The van der Waals surface area contributed by atoms with Gasteiger partial charge in [-0.3, -0.25) is 4.79 Å². The largest absolute Gasteiger partial charge is 0.361 e. The molecule has 2 rings (SSSR count). The lowest BCUT2D eigenvalue weighted by Crippen LogP contribution is -2.23. The molecule has 2 aromatic rings. The molecule has 0 bridgehead atoms. The van der Waals surface area contributed by atoms with E-state index in [4.69, 9.17) is 4.52 Å². The summed E-state index contributed by atoms with van der Waals surface area (Å²) in [6.07, 6.45) is 1.62. The molecule has 0 fully saturated rings. The van der Waals surface area contributed by atoms with E-state index in [2.05, 4.69) is 10.5 Å². The Bertz CT molecular complexity index is 532. The summed E-state index contributed by atoms with van der Waals surface area (Å²) < 4.78 is 4.92. The average molecular weight is 230 g/mol. The summed E-state index contributed by atoms with van der Waals surface area (Å²) in [7, 11) is 0. The van der Waals surface area contributed by atoms with Gasteiger partial charge in [-0.1, -0.05) is 23.4 Å². The summed E-state index contributed by atoms with van der Waals surface area (Å²) in [6.45, 7) is 4.17. The Labute approximate surface area is 99.6 Å². The molecule has 0 aliphatic carbocycles. The van der Waals surface area contributed by atoms with Gasteiger partial charge < -0.3 is 9.84 Å². The van der Waals surface area contributed by atoms with Crippen molar-refractivity contribution < 1.29 is 9.32 Å². The molecule has 1 amide bonds. The zero-order chi connectivity index (χ0) is 12.3. The minimum atomic E-state index is -0.0799. The van der Waals surface area contributed by atoms with Crippen molar-refractivity contribution in [2.24, 2.45) is 0 Å². The van der Waals surface area contributed by atoms with Gasteiger partial charge in [0.05, 0.1) is 6.20 Å². The molecule has 88 valence electrons. The molecule has 1 aromatic heterocycles. The van der Waals surface area contributed by atoms with Gasteiger partial charge in [-0.05, 0) is 25.5 Å². The van der Waals surface area contributed by atoms with Crippen molar-refractivity contribution >= 4 is 5.91 Å². The number of nitrogens with zero attached hydrogens (tertiary/aromatic N) is 1. The van der Waals surface area contributed by atoms with Gasteiger partial charge in [-0.2, -0.15) is 0 Å². The van der Waals surface area contributed by atoms with E-state index in [9.17, 15) is 4.79 Å². The number of hydrogen-bond donors (Lipinski definition) is 1. The third kappa shape index (κ3) is 2.53. The second-order valence-corrected chi connectivity index (χ2v) is 3.90. The van der Waals surface area contributed by atoms with E-state index in [0.29, 0.717) is 12.1 Å². The van der Waals surface area contributed by atoms with Crippen molar-refractivity contribution in [1.29, 1.82) is 0 Å². The fraction of sp³-hybridized carbons (Fsp3) is 0.231. The number of amides is 1. The number of hydrogen-bond acceptors (Lipinski definition) is 3. The number of nitrogens with one attached hydrogen (secondary N) is 1. The molecule has 17 heavy (non-hydrogen) atoms. The van der Waals surface area contributed by atoms with Crippen molar-refractivity contribution in [3.05, 3.63) is 52.9 Å².